The van der Waals surface area contributed by atoms with Crippen molar-refractivity contribution in [3.8, 4) is 10.4 Å². The summed E-state index contributed by atoms with van der Waals surface area (Å²) in [6.45, 7) is 4.04. The average molecular weight is 482 g/mol. The number of aliphatic imine (C=N–C) groups is 1. The first-order valence-electron chi connectivity index (χ1n) is 9.35. The van der Waals surface area contributed by atoms with E-state index >= 15 is 0 Å². The van der Waals surface area contributed by atoms with E-state index in [2.05, 4.69) is 16.9 Å². The van der Waals surface area contributed by atoms with Crippen LogP contribution in [0.5, 0.6) is 0 Å². The zero-order valence-electron chi connectivity index (χ0n) is 16.8. The second-order valence-electron chi connectivity index (χ2n) is 6.61. The van der Waals surface area contributed by atoms with E-state index < -0.39 is 18.3 Å². The molecule has 3 nitrogen and oxygen atoms in total. The Morgan fingerprint density at radius 2 is 1.97 bits per heavy atom. The van der Waals surface area contributed by atoms with Gasteiger partial charge in [0.15, 0.2) is 0 Å². The highest BCUT2D eigenvalue weighted by atomic mass is 35.5. The number of rotatable bonds is 7. The van der Waals surface area contributed by atoms with E-state index in [1.54, 1.807) is 48.3 Å². The molecule has 0 spiro atoms. The molecule has 0 unspecified atom stereocenters. The molecule has 162 valence electrons. The van der Waals surface area contributed by atoms with E-state index in [1.807, 2.05) is 19.1 Å². The summed E-state index contributed by atoms with van der Waals surface area (Å²) in [7, 11) is 0. The zero-order chi connectivity index (χ0) is 22.6. The summed E-state index contributed by atoms with van der Waals surface area (Å²) >= 11 is 9.12. The van der Waals surface area contributed by atoms with Crippen LogP contribution in [0.15, 0.2) is 58.7 Å². The summed E-state index contributed by atoms with van der Waals surface area (Å²) in [5.41, 5.74) is 1.09. The van der Waals surface area contributed by atoms with Gasteiger partial charge in [-0.1, -0.05) is 30.7 Å². The number of pyridine rings is 1. The second-order valence-corrected chi connectivity index (χ2v) is 9.35. The van der Waals surface area contributed by atoms with Crippen molar-refractivity contribution >= 4 is 51.8 Å². The van der Waals surface area contributed by atoms with E-state index in [1.165, 1.54) is 11.3 Å². The topological polar surface area (TPSA) is 49.1 Å². The number of aromatic nitrogens is 1. The van der Waals surface area contributed by atoms with E-state index in [9.17, 15) is 13.2 Å². The van der Waals surface area contributed by atoms with Crippen molar-refractivity contribution in [1.29, 1.82) is 5.41 Å². The van der Waals surface area contributed by atoms with Crippen LogP contribution in [0.2, 0.25) is 5.02 Å². The molecule has 0 amide bonds. The third-order valence-electron chi connectivity index (χ3n) is 4.28. The van der Waals surface area contributed by atoms with Crippen LogP contribution in [0.25, 0.3) is 10.4 Å². The Balaban J connectivity index is 1.99. The molecule has 1 N–H and O–H groups in total. The van der Waals surface area contributed by atoms with Gasteiger partial charge in [0.2, 0.25) is 0 Å². The van der Waals surface area contributed by atoms with E-state index in [0.717, 1.165) is 26.8 Å². The highest BCUT2D eigenvalue weighted by molar-refractivity contribution is 7.99. The smallest absolute Gasteiger partial charge is 0.300 e. The number of para-hydroxylation sites is 1. The van der Waals surface area contributed by atoms with Gasteiger partial charge in [-0.05, 0) is 48.6 Å². The first-order valence-corrected chi connectivity index (χ1v) is 11.5. The van der Waals surface area contributed by atoms with Gasteiger partial charge in [-0.15, -0.1) is 23.1 Å². The lowest BCUT2D eigenvalue weighted by Gasteiger charge is -2.10. The summed E-state index contributed by atoms with van der Waals surface area (Å²) in [6, 6.07) is 12.3. The van der Waals surface area contributed by atoms with Gasteiger partial charge in [-0.25, -0.2) is 4.98 Å². The van der Waals surface area contributed by atoms with Gasteiger partial charge in [-0.2, -0.15) is 13.2 Å². The fourth-order valence-corrected chi connectivity index (χ4v) is 4.61. The molecule has 3 rings (SSSR count). The molecule has 0 saturated carbocycles. The first kappa shape index (κ1) is 23.5. The molecule has 1 aromatic carbocycles. The number of hydrogen-bond donors (Lipinski definition) is 1. The van der Waals surface area contributed by atoms with Gasteiger partial charge in [0.25, 0.3) is 0 Å². The molecule has 0 atom stereocenters. The van der Waals surface area contributed by atoms with Crippen LogP contribution in [0.4, 0.5) is 18.9 Å². The highest BCUT2D eigenvalue weighted by Crippen LogP contribution is 2.33. The minimum absolute atomic E-state index is 0.148. The van der Waals surface area contributed by atoms with Crippen molar-refractivity contribution in [2.24, 2.45) is 4.99 Å². The summed E-state index contributed by atoms with van der Waals surface area (Å²) in [4.78, 5) is 10.3. The van der Waals surface area contributed by atoms with Gasteiger partial charge in [-0.3, -0.25) is 4.99 Å². The molecule has 0 aliphatic rings. The van der Waals surface area contributed by atoms with Crippen LogP contribution in [0.1, 0.15) is 23.8 Å². The number of thiophene rings is 1. The van der Waals surface area contributed by atoms with Crippen LogP contribution in [0.3, 0.4) is 0 Å². The Hall–Kier alpha value is -2.16. The molecule has 0 bridgehead atoms. The lowest BCUT2D eigenvalue weighted by Crippen LogP contribution is -2.24. The van der Waals surface area contributed by atoms with Crippen LogP contribution in [-0.4, -0.2) is 28.3 Å². The molecule has 0 radical (unpaired) electrons. The number of nitrogens with zero attached hydrogens (tertiary/aromatic N) is 2. The van der Waals surface area contributed by atoms with Crippen LogP contribution in [0, 0.1) is 12.3 Å². The highest BCUT2D eigenvalue weighted by Gasteiger charge is 2.35. The lowest BCUT2D eigenvalue weighted by molar-refractivity contribution is -0.0605. The van der Waals surface area contributed by atoms with E-state index in [0.29, 0.717) is 15.6 Å². The molecule has 31 heavy (non-hydrogen) atoms. The van der Waals surface area contributed by atoms with Crippen molar-refractivity contribution in [2.45, 2.75) is 31.5 Å². The maximum Gasteiger partial charge on any atom is 0.429 e. The Morgan fingerprint density at radius 3 is 2.61 bits per heavy atom. The van der Waals surface area contributed by atoms with Gasteiger partial charge in [0.05, 0.1) is 21.4 Å². The summed E-state index contributed by atoms with van der Waals surface area (Å²) < 4.78 is 39.1. The maximum atomic E-state index is 13.0. The Labute approximate surface area is 191 Å². The third-order valence-corrected chi connectivity index (χ3v) is 6.77. The first-order chi connectivity index (χ1) is 14.7. The molecule has 3 aromatic rings. The SMILES string of the molecule is CCSc1ncc(-c2ccc(C(CC(=N)C(F)(F)F)=Nc3ccccc3Cl)s2)cc1C. The normalized spacial score (nSPS) is 12.3. The number of halogens is 4. The number of thioether (sulfide) groups is 1. The molecule has 0 saturated heterocycles. The van der Waals surface area contributed by atoms with E-state index in [-0.39, 0.29) is 5.71 Å². The monoisotopic (exact) mass is 481 g/mol. The van der Waals surface area contributed by atoms with Gasteiger partial charge in [0, 0.05) is 27.9 Å². The van der Waals surface area contributed by atoms with E-state index in [4.69, 9.17) is 17.0 Å². The molecule has 2 heterocycles. The standard InChI is InChI=1S/C22H19ClF3N3S2/c1-3-30-21-13(2)10-14(12-28-21)18-8-9-19(31-18)17(11-20(27)22(24,25)26)29-16-7-5-4-6-15(16)23/h4-10,12,27H,3,11H2,1-2H3. The Kier molecular flexibility index (Phi) is 7.56. The van der Waals surface area contributed by atoms with Crippen LogP contribution in [-0.2, 0) is 0 Å². The zero-order valence-corrected chi connectivity index (χ0v) is 19.1. The summed E-state index contributed by atoms with van der Waals surface area (Å²) in [5.74, 6) is 0.920. The van der Waals surface area contributed by atoms with Gasteiger partial charge >= 0.3 is 6.18 Å². The third kappa shape index (κ3) is 5.96. The number of alkyl halides is 3. The lowest BCUT2D eigenvalue weighted by atomic mass is 10.1. The molecular formula is C22H19ClF3N3S2. The molecule has 2 aromatic heterocycles. The molecule has 0 aliphatic heterocycles. The second kappa shape index (κ2) is 9.97. The molecule has 0 aliphatic carbocycles. The van der Waals surface area contributed by atoms with Crippen molar-refractivity contribution in [3.63, 3.8) is 0 Å². The Morgan fingerprint density at radius 1 is 1.23 bits per heavy atom. The quantitative estimate of drug-likeness (QED) is 0.274. The maximum absolute atomic E-state index is 13.0. The minimum Gasteiger partial charge on any atom is -0.300 e. The number of benzene rings is 1. The van der Waals surface area contributed by atoms with Crippen LogP contribution < -0.4 is 0 Å². The van der Waals surface area contributed by atoms with Crippen molar-refractivity contribution in [3.05, 3.63) is 64.1 Å². The summed E-state index contributed by atoms with van der Waals surface area (Å²) in [6.07, 6.45) is -3.59. The molecule has 0 fully saturated rings. The predicted octanol–water partition coefficient (Wildman–Crippen LogP) is 7.98. The minimum atomic E-state index is -4.71. The van der Waals surface area contributed by atoms with Crippen molar-refractivity contribution in [2.75, 3.05) is 5.75 Å². The number of hydrogen-bond acceptors (Lipinski definition) is 5. The number of nitrogens with one attached hydrogen (secondary N) is 1. The predicted molar refractivity (Wildman–Crippen MR) is 125 cm³/mol. The van der Waals surface area contributed by atoms with Gasteiger partial charge < -0.3 is 5.41 Å². The fraction of sp³-hybridized carbons (Fsp3) is 0.227. The molecular weight excluding hydrogens is 463 g/mol. The van der Waals surface area contributed by atoms with Crippen LogP contribution >= 0.6 is 34.7 Å². The van der Waals surface area contributed by atoms with Crippen molar-refractivity contribution in [1.82, 2.24) is 4.98 Å². The largest absolute Gasteiger partial charge is 0.429 e. The average Bonchev–Trinajstić information content (AvgIpc) is 3.20. The fourth-order valence-electron chi connectivity index (χ4n) is 2.77. The number of aryl methyl sites for hydroxylation is 1. The van der Waals surface area contributed by atoms with Crippen molar-refractivity contribution < 1.29 is 13.2 Å². The Bertz CT molecular complexity index is 1120. The molecule has 9 heteroatoms. The van der Waals surface area contributed by atoms with Gasteiger partial charge in [0.1, 0.15) is 5.71 Å². The summed E-state index contributed by atoms with van der Waals surface area (Å²) in [5, 5.41) is 8.75.